The van der Waals surface area contributed by atoms with E-state index < -0.39 is 0 Å². The summed E-state index contributed by atoms with van der Waals surface area (Å²) in [5.74, 6) is 1.69. The first-order chi connectivity index (χ1) is 8.51. The van der Waals surface area contributed by atoms with E-state index in [9.17, 15) is 0 Å². The maximum Gasteiger partial charge on any atom is 0.144 e. The second-order valence-corrected chi connectivity index (χ2v) is 6.00. The number of rotatable bonds is 0. The second kappa shape index (κ2) is 3.97. The van der Waals surface area contributed by atoms with Crippen molar-refractivity contribution >= 4 is 25.3 Å². The molecule has 0 saturated carbocycles. The maximum atomic E-state index is 6.02. The fourth-order valence-corrected chi connectivity index (χ4v) is 3.00. The molecule has 0 fully saturated rings. The topological polar surface area (TPSA) is 9.23 Å². The van der Waals surface area contributed by atoms with Crippen LogP contribution >= 0.6 is 25.3 Å². The molecule has 0 spiro atoms. The summed E-state index contributed by atoms with van der Waals surface area (Å²) < 4.78 is 6.02. The van der Waals surface area contributed by atoms with Crippen molar-refractivity contribution in [1.82, 2.24) is 0 Å². The lowest BCUT2D eigenvalue weighted by molar-refractivity contribution is 0.399. The summed E-state index contributed by atoms with van der Waals surface area (Å²) in [7, 11) is 0. The van der Waals surface area contributed by atoms with Crippen LogP contribution in [0.1, 0.15) is 25.0 Å². The maximum absolute atomic E-state index is 6.02. The zero-order valence-electron chi connectivity index (χ0n) is 10.3. The van der Waals surface area contributed by atoms with Crippen molar-refractivity contribution in [2.24, 2.45) is 0 Å². The minimum atomic E-state index is -0.0968. The Morgan fingerprint density at radius 3 is 1.72 bits per heavy atom. The molecule has 1 nitrogen and oxygen atoms in total. The highest BCUT2D eigenvalue weighted by molar-refractivity contribution is 7.80. The number of fused-ring (bicyclic) bond motifs is 2. The van der Waals surface area contributed by atoms with E-state index in [0.29, 0.717) is 0 Å². The molecule has 2 aromatic carbocycles. The van der Waals surface area contributed by atoms with Gasteiger partial charge in [0, 0.05) is 26.3 Å². The van der Waals surface area contributed by atoms with Crippen LogP contribution in [0.5, 0.6) is 11.5 Å². The van der Waals surface area contributed by atoms with Gasteiger partial charge in [-0.05, 0) is 12.1 Å². The van der Waals surface area contributed by atoms with Crippen LogP contribution < -0.4 is 4.74 Å². The Kier molecular flexibility index (Phi) is 2.65. The highest BCUT2D eigenvalue weighted by Crippen LogP contribution is 2.51. The smallest absolute Gasteiger partial charge is 0.144 e. The number of hydrogen-bond acceptors (Lipinski definition) is 3. The molecule has 0 N–H and O–H groups in total. The van der Waals surface area contributed by atoms with E-state index in [1.165, 1.54) is 11.1 Å². The molecule has 1 aliphatic heterocycles. The molecule has 2 aromatic rings. The highest BCUT2D eigenvalue weighted by atomic mass is 32.1. The quantitative estimate of drug-likeness (QED) is 0.662. The molecule has 0 atom stereocenters. The van der Waals surface area contributed by atoms with Gasteiger partial charge in [0.25, 0.3) is 0 Å². The standard InChI is InChI=1S/C15H14OS2/c1-15(2)9-5-3-7-11(17)13(9)16-14-10(15)6-4-8-12(14)18/h3-8,17-18H,1-2H3. The molecule has 1 heterocycles. The molecule has 0 radical (unpaired) electrons. The van der Waals surface area contributed by atoms with Gasteiger partial charge in [-0.15, -0.1) is 25.3 Å². The van der Waals surface area contributed by atoms with E-state index in [1.54, 1.807) is 0 Å². The molecule has 0 bridgehead atoms. The van der Waals surface area contributed by atoms with Crippen molar-refractivity contribution in [3.63, 3.8) is 0 Å². The Morgan fingerprint density at radius 2 is 1.28 bits per heavy atom. The van der Waals surface area contributed by atoms with Gasteiger partial charge < -0.3 is 4.74 Å². The highest BCUT2D eigenvalue weighted by Gasteiger charge is 2.35. The van der Waals surface area contributed by atoms with E-state index in [0.717, 1.165) is 21.3 Å². The van der Waals surface area contributed by atoms with Gasteiger partial charge in [0.15, 0.2) is 0 Å². The Hall–Kier alpha value is -1.06. The fraction of sp³-hybridized carbons (Fsp3) is 0.200. The Balaban J connectivity index is 2.33. The third-order valence-corrected chi connectivity index (χ3v) is 4.24. The number of thiol groups is 2. The predicted molar refractivity (Wildman–Crippen MR) is 79.6 cm³/mol. The summed E-state index contributed by atoms with van der Waals surface area (Å²) in [6.07, 6.45) is 0. The number of para-hydroxylation sites is 2. The van der Waals surface area contributed by atoms with Crippen LogP contribution in [0.15, 0.2) is 46.2 Å². The van der Waals surface area contributed by atoms with E-state index in [4.69, 9.17) is 4.74 Å². The van der Waals surface area contributed by atoms with Crippen molar-refractivity contribution in [3.05, 3.63) is 47.5 Å². The second-order valence-electron chi connectivity index (χ2n) is 5.03. The first kappa shape index (κ1) is 12.0. The van der Waals surface area contributed by atoms with Crippen molar-refractivity contribution in [3.8, 4) is 11.5 Å². The summed E-state index contributed by atoms with van der Waals surface area (Å²) in [5.41, 5.74) is 2.24. The average Bonchev–Trinajstić information content (AvgIpc) is 2.32. The van der Waals surface area contributed by atoms with Gasteiger partial charge in [0.05, 0.1) is 0 Å². The summed E-state index contributed by atoms with van der Waals surface area (Å²) in [5, 5.41) is 0. The van der Waals surface area contributed by atoms with Crippen LogP contribution in [-0.4, -0.2) is 0 Å². The minimum Gasteiger partial charge on any atom is -0.454 e. The Bertz CT molecular complexity index is 579. The van der Waals surface area contributed by atoms with E-state index in [-0.39, 0.29) is 5.41 Å². The number of ether oxygens (including phenoxy) is 1. The van der Waals surface area contributed by atoms with Crippen LogP contribution in [0.25, 0.3) is 0 Å². The van der Waals surface area contributed by atoms with Gasteiger partial charge in [0.2, 0.25) is 0 Å². The lowest BCUT2D eigenvalue weighted by Crippen LogP contribution is -2.24. The SMILES string of the molecule is CC1(C)c2cccc(S)c2Oc2c(S)cccc21. The summed E-state index contributed by atoms with van der Waals surface area (Å²) in [4.78, 5) is 1.73. The average molecular weight is 274 g/mol. The van der Waals surface area contributed by atoms with E-state index in [1.807, 2.05) is 24.3 Å². The van der Waals surface area contributed by atoms with Crippen LogP contribution in [0, 0.1) is 0 Å². The first-order valence-electron chi connectivity index (χ1n) is 5.84. The molecular formula is C15H14OS2. The van der Waals surface area contributed by atoms with Crippen molar-refractivity contribution < 1.29 is 4.74 Å². The molecule has 18 heavy (non-hydrogen) atoms. The van der Waals surface area contributed by atoms with Crippen LogP contribution in [0.3, 0.4) is 0 Å². The van der Waals surface area contributed by atoms with Gasteiger partial charge in [-0.1, -0.05) is 38.1 Å². The predicted octanol–water partition coefficient (Wildman–Crippen LogP) is 4.70. The zero-order chi connectivity index (χ0) is 12.9. The molecule has 92 valence electrons. The van der Waals surface area contributed by atoms with Crippen LogP contribution in [0.4, 0.5) is 0 Å². The molecule has 0 aromatic heterocycles. The fourth-order valence-electron chi connectivity index (χ4n) is 2.50. The molecule has 3 heteroatoms. The normalized spacial score (nSPS) is 15.6. The van der Waals surface area contributed by atoms with Crippen LogP contribution in [-0.2, 0) is 5.41 Å². The zero-order valence-corrected chi connectivity index (χ0v) is 12.1. The molecule has 0 unspecified atom stereocenters. The van der Waals surface area contributed by atoms with Crippen LogP contribution in [0.2, 0.25) is 0 Å². The van der Waals surface area contributed by atoms with Crippen molar-refractivity contribution in [2.75, 3.05) is 0 Å². The molecule has 0 aliphatic carbocycles. The van der Waals surface area contributed by atoms with Gasteiger partial charge in [-0.25, -0.2) is 0 Å². The summed E-state index contributed by atoms with van der Waals surface area (Å²) in [6.45, 7) is 4.40. The Labute approximate surface area is 118 Å². The van der Waals surface area contributed by atoms with Crippen molar-refractivity contribution in [1.29, 1.82) is 0 Å². The van der Waals surface area contributed by atoms with Gasteiger partial charge in [-0.3, -0.25) is 0 Å². The Morgan fingerprint density at radius 1 is 0.833 bits per heavy atom. The largest absolute Gasteiger partial charge is 0.454 e. The number of benzene rings is 2. The van der Waals surface area contributed by atoms with Gasteiger partial charge in [0.1, 0.15) is 11.5 Å². The lowest BCUT2D eigenvalue weighted by Gasteiger charge is -2.35. The summed E-state index contributed by atoms with van der Waals surface area (Å²) >= 11 is 8.98. The molecule has 1 aliphatic rings. The molecule has 0 saturated heterocycles. The van der Waals surface area contributed by atoms with E-state index in [2.05, 4.69) is 51.2 Å². The van der Waals surface area contributed by atoms with Crippen molar-refractivity contribution in [2.45, 2.75) is 29.1 Å². The third kappa shape index (κ3) is 1.57. The lowest BCUT2D eigenvalue weighted by atomic mass is 9.76. The molecular weight excluding hydrogens is 260 g/mol. The third-order valence-electron chi connectivity index (χ3n) is 3.54. The molecule has 3 rings (SSSR count). The van der Waals surface area contributed by atoms with Gasteiger partial charge in [-0.2, -0.15) is 0 Å². The monoisotopic (exact) mass is 274 g/mol. The van der Waals surface area contributed by atoms with Gasteiger partial charge >= 0.3 is 0 Å². The number of hydrogen-bond donors (Lipinski definition) is 2. The molecule has 0 amide bonds. The first-order valence-corrected chi connectivity index (χ1v) is 6.74. The van der Waals surface area contributed by atoms with E-state index >= 15 is 0 Å². The summed E-state index contributed by atoms with van der Waals surface area (Å²) in [6, 6.07) is 12.1. The minimum absolute atomic E-state index is 0.0968.